The second-order valence-corrected chi connectivity index (χ2v) is 4.27. The Kier molecular flexibility index (Phi) is 2.95. The van der Waals surface area contributed by atoms with Gasteiger partial charge in [-0.2, -0.15) is 0 Å². The van der Waals surface area contributed by atoms with Gasteiger partial charge in [0.2, 0.25) is 0 Å². The van der Waals surface area contributed by atoms with Gasteiger partial charge in [0, 0.05) is 23.7 Å². The van der Waals surface area contributed by atoms with E-state index >= 15 is 0 Å². The summed E-state index contributed by atoms with van der Waals surface area (Å²) in [7, 11) is 0. The minimum atomic E-state index is -0.230. The van der Waals surface area contributed by atoms with Gasteiger partial charge in [0.1, 0.15) is 0 Å². The van der Waals surface area contributed by atoms with E-state index in [1.54, 1.807) is 18.5 Å². The minimum absolute atomic E-state index is 0.228. The van der Waals surface area contributed by atoms with Gasteiger partial charge in [-0.3, -0.25) is 9.78 Å². The number of anilines is 1. The van der Waals surface area contributed by atoms with Gasteiger partial charge < -0.3 is 10.7 Å². The van der Waals surface area contributed by atoms with Crippen molar-refractivity contribution in [3.05, 3.63) is 46.6 Å². The van der Waals surface area contributed by atoms with Gasteiger partial charge in [-0.05, 0) is 29.7 Å². The molecule has 17 heavy (non-hydrogen) atoms. The quantitative estimate of drug-likeness (QED) is 0.828. The minimum Gasteiger partial charge on any atom is -0.394 e. The van der Waals surface area contributed by atoms with Crippen molar-refractivity contribution in [1.82, 2.24) is 9.97 Å². The van der Waals surface area contributed by atoms with Crippen LogP contribution in [0.5, 0.6) is 0 Å². The third-order valence-corrected chi connectivity index (χ3v) is 2.67. The molecule has 0 fully saturated rings. The van der Waals surface area contributed by atoms with Gasteiger partial charge in [-0.1, -0.05) is 13.8 Å². The summed E-state index contributed by atoms with van der Waals surface area (Å²) in [6.07, 6.45) is 3.45. The van der Waals surface area contributed by atoms with Crippen molar-refractivity contribution >= 4 is 5.69 Å². The molecule has 88 valence electrons. The molecule has 0 saturated heterocycles. The van der Waals surface area contributed by atoms with E-state index in [0.717, 1.165) is 16.8 Å². The normalized spacial score (nSPS) is 10.8. The molecule has 4 heteroatoms. The number of pyridine rings is 2. The van der Waals surface area contributed by atoms with Crippen molar-refractivity contribution in [2.24, 2.45) is 0 Å². The SMILES string of the molecule is CC(C)c1[nH]c(=O)c(N)cc1-c1ccncc1. The zero-order valence-electron chi connectivity index (χ0n) is 9.90. The first-order chi connectivity index (χ1) is 8.09. The highest BCUT2D eigenvalue weighted by Crippen LogP contribution is 2.27. The van der Waals surface area contributed by atoms with E-state index in [1.807, 2.05) is 26.0 Å². The topological polar surface area (TPSA) is 71.8 Å². The lowest BCUT2D eigenvalue weighted by Crippen LogP contribution is -2.15. The summed E-state index contributed by atoms with van der Waals surface area (Å²) in [4.78, 5) is 18.4. The number of hydrogen-bond acceptors (Lipinski definition) is 3. The van der Waals surface area contributed by atoms with Crippen LogP contribution in [0.1, 0.15) is 25.5 Å². The molecule has 0 amide bonds. The van der Waals surface area contributed by atoms with Crippen molar-refractivity contribution in [3.8, 4) is 11.1 Å². The van der Waals surface area contributed by atoms with Gasteiger partial charge in [0.15, 0.2) is 0 Å². The van der Waals surface area contributed by atoms with E-state index in [2.05, 4.69) is 9.97 Å². The molecular weight excluding hydrogens is 214 g/mol. The van der Waals surface area contributed by atoms with Crippen molar-refractivity contribution in [3.63, 3.8) is 0 Å². The molecule has 0 aromatic carbocycles. The maximum atomic E-state index is 11.5. The average Bonchev–Trinajstić information content (AvgIpc) is 2.33. The molecular formula is C13H15N3O. The monoisotopic (exact) mass is 229 g/mol. The van der Waals surface area contributed by atoms with Crippen LogP contribution in [0.3, 0.4) is 0 Å². The number of aromatic nitrogens is 2. The number of nitrogens with zero attached hydrogens (tertiary/aromatic N) is 1. The highest BCUT2D eigenvalue weighted by Gasteiger charge is 2.11. The van der Waals surface area contributed by atoms with Crippen molar-refractivity contribution in [2.45, 2.75) is 19.8 Å². The van der Waals surface area contributed by atoms with E-state index in [9.17, 15) is 4.79 Å². The Balaban J connectivity index is 2.68. The summed E-state index contributed by atoms with van der Waals surface area (Å²) in [6, 6.07) is 5.53. The standard InChI is InChI=1S/C13H15N3O/c1-8(2)12-10(7-11(14)13(17)16-12)9-3-5-15-6-4-9/h3-8H,14H2,1-2H3,(H,16,17). The number of rotatable bonds is 2. The van der Waals surface area contributed by atoms with Crippen LogP contribution in [0.2, 0.25) is 0 Å². The number of aromatic amines is 1. The van der Waals surface area contributed by atoms with E-state index in [4.69, 9.17) is 5.73 Å². The Morgan fingerprint density at radius 2 is 1.94 bits per heavy atom. The van der Waals surface area contributed by atoms with Crippen LogP contribution in [-0.4, -0.2) is 9.97 Å². The summed E-state index contributed by atoms with van der Waals surface area (Å²) in [5.74, 6) is 0.228. The molecule has 0 bridgehead atoms. The Labute approximate surface area is 99.5 Å². The van der Waals surface area contributed by atoms with Crippen LogP contribution in [0.25, 0.3) is 11.1 Å². The van der Waals surface area contributed by atoms with Crippen molar-refractivity contribution in [2.75, 3.05) is 5.73 Å². The second-order valence-electron chi connectivity index (χ2n) is 4.27. The van der Waals surface area contributed by atoms with Crippen molar-refractivity contribution < 1.29 is 0 Å². The van der Waals surface area contributed by atoms with Crippen LogP contribution < -0.4 is 11.3 Å². The molecule has 0 radical (unpaired) electrons. The summed E-state index contributed by atoms with van der Waals surface area (Å²) < 4.78 is 0. The third kappa shape index (κ3) is 2.20. The first kappa shape index (κ1) is 11.4. The lowest BCUT2D eigenvalue weighted by Gasteiger charge is -2.13. The highest BCUT2D eigenvalue weighted by molar-refractivity contribution is 5.69. The highest BCUT2D eigenvalue weighted by atomic mass is 16.1. The van der Waals surface area contributed by atoms with Crippen LogP contribution in [-0.2, 0) is 0 Å². The van der Waals surface area contributed by atoms with Crippen LogP contribution in [0, 0.1) is 0 Å². The zero-order chi connectivity index (χ0) is 12.4. The van der Waals surface area contributed by atoms with E-state index in [-0.39, 0.29) is 17.2 Å². The Morgan fingerprint density at radius 1 is 1.29 bits per heavy atom. The van der Waals surface area contributed by atoms with E-state index in [0.29, 0.717) is 0 Å². The van der Waals surface area contributed by atoms with Gasteiger partial charge in [0.25, 0.3) is 5.56 Å². The molecule has 2 aromatic heterocycles. The van der Waals surface area contributed by atoms with Gasteiger partial charge >= 0.3 is 0 Å². The molecule has 0 aliphatic rings. The predicted octanol–water partition coefficient (Wildman–Crippen LogP) is 2.14. The Hall–Kier alpha value is -2.10. The van der Waals surface area contributed by atoms with E-state index < -0.39 is 0 Å². The molecule has 2 rings (SSSR count). The first-order valence-electron chi connectivity index (χ1n) is 5.52. The fourth-order valence-corrected chi connectivity index (χ4v) is 1.79. The van der Waals surface area contributed by atoms with Crippen molar-refractivity contribution in [1.29, 1.82) is 0 Å². The van der Waals surface area contributed by atoms with Gasteiger partial charge in [-0.15, -0.1) is 0 Å². The molecule has 0 atom stereocenters. The Bertz CT molecular complexity index is 573. The molecule has 3 N–H and O–H groups in total. The second kappa shape index (κ2) is 4.41. The summed E-state index contributed by atoms with van der Waals surface area (Å²) in [6.45, 7) is 4.07. The van der Waals surface area contributed by atoms with Gasteiger partial charge in [-0.25, -0.2) is 0 Å². The first-order valence-corrected chi connectivity index (χ1v) is 5.52. The number of nitrogens with one attached hydrogen (secondary N) is 1. The molecule has 0 saturated carbocycles. The zero-order valence-corrected chi connectivity index (χ0v) is 9.90. The fraction of sp³-hybridized carbons (Fsp3) is 0.231. The van der Waals surface area contributed by atoms with Gasteiger partial charge in [0.05, 0.1) is 5.69 Å². The summed E-state index contributed by atoms with van der Waals surface area (Å²) in [5, 5.41) is 0. The summed E-state index contributed by atoms with van der Waals surface area (Å²) >= 11 is 0. The average molecular weight is 229 g/mol. The molecule has 2 aromatic rings. The predicted molar refractivity (Wildman–Crippen MR) is 68.8 cm³/mol. The fourth-order valence-electron chi connectivity index (χ4n) is 1.79. The van der Waals surface area contributed by atoms with Crippen LogP contribution in [0.4, 0.5) is 5.69 Å². The lowest BCUT2D eigenvalue weighted by atomic mass is 9.98. The lowest BCUT2D eigenvalue weighted by molar-refractivity contribution is 0.819. The third-order valence-electron chi connectivity index (χ3n) is 2.67. The molecule has 4 nitrogen and oxygen atoms in total. The maximum Gasteiger partial charge on any atom is 0.271 e. The molecule has 0 spiro atoms. The molecule has 2 heterocycles. The number of nitrogen functional groups attached to an aromatic ring is 1. The Morgan fingerprint density at radius 3 is 2.53 bits per heavy atom. The number of hydrogen-bond donors (Lipinski definition) is 2. The maximum absolute atomic E-state index is 11.5. The number of nitrogens with two attached hydrogens (primary N) is 1. The molecule has 0 aliphatic carbocycles. The molecule has 0 aliphatic heterocycles. The largest absolute Gasteiger partial charge is 0.394 e. The van der Waals surface area contributed by atoms with Crippen LogP contribution in [0.15, 0.2) is 35.4 Å². The summed E-state index contributed by atoms with van der Waals surface area (Å²) in [5.41, 5.74) is 8.54. The number of H-pyrrole nitrogens is 1. The van der Waals surface area contributed by atoms with Crippen LogP contribution >= 0.6 is 0 Å². The molecule has 0 unspecified atom stereocenters. The smallest absolute Gasteiger partial charge is 0.271 e. The van der Waals surface area contributed by atoms with E-state index in [1.165, 1.54) is 0 Å².